The van der Waals surface area contributed by atoms with Crippen LogP contribution in [0.15, 0.2) is 6.20 Å². The average molecular weight is 199 g/mol. The van der Waals surface area contributed by atoms with Gasteiger partial charge in [-0.15, -0.1) is 5.10 Å². The van der Waals surface area contributed by atoms with Gasteiger partial charge >= 0.3 is 0 Å². The van der Waals surface area contributed by atoms with Crippen molar-refractivity contribution >= 4 is 17.4 Å². The summed E-state index contributed by atoms with van der Waals surface area (Å²) >= 11 is 1.11. The van der Waals surface area contributed by atoms with Gasteiger partial charge in [-0.3, -0.25) is 4.79 Å². The smallest absolute Gasteiger partial charge is 0.265 e. The van der Waals surface area contributed by atoms with Crippen LogP contribution in [0.25, 0.3) is 0 Å². The van der Waals surface area contributed by atoms with Crippen molar-refractivity contribution in [3.05, 3.63) is 11.1 Å². The third-order valence-corrected chi connectivity index (χ3v) is 2.58. The molecule has 0 bridgehead atoms. The van der Waals surface area contributed by atoms with Crippen molar-refractivity contribution in [1.82, 2.24) is 14.9 Å². The highest BCUT2D eigenvalue weighted by atomic mass is 32.1. The van der Waals surface area contributed by atoms with Gasteiger partial charge in [-0.2, -0.15) is 0 Å². The molecular formula is C8H13N3OS. The molecule has 0 radical (unpaired) electrons. The minimum absolute atomic E-state index is 0.0955. The molecule has 0 aliphatic heterocycles. The number of carbonyl (C=O) groups is 1. The first-order valence-electron chi connectivity index (χ1n) is 4.15. The van der Waals surface area contributed by atoms with Gasteiger partial charge in [0.05, 0.1) is 6.20 Å². The van der Waals surface area contributed by atoms with Crippen molar-refractivity contribution in [2.75, 3.05) is 0 Å². The number of nitrogens with zero attached hydrogens (tertiary/aromatic N) is 2. The van der Waals surface area contributed by atoms with Crippen LogP contribution in [-0.2, 0) is 0 Å². The summed E-state index contributed by atoms with van der Waals surface area (Å²) in [7, 11) is 0. The van der Waals surface area contributed by atoms with Crippen LogP contribution in [0.2, 0.25) is 0 Å². The predicted octanol–water partition coefficient (Wildman–Crippen LogP) is 1.46. The van der Waals surface area contributed by atoms with Crippen LogP contribution in [0, 0.1) is 0 Å². The topological polar surface area (TPSA) is 54.9 Å². The lowest BCUT2D eigenvalue weighted by atomic mass is 10.0. The summed E-state index contributed by atoms with van der Waals surface area (Å²) < 4.78 is 3.63. The highest BCUT2D eigenvalue weighted by Gasteiger charge is 2.19. The Kier molecular flexibility index (Phi) is 2.98. The molecule has 1 aromatic rings. The first-order chi connectivity index (χ1) is 6.05. The molecule has 1 N–H and O–H groups in total. The Balaban J connectivity index is 2.61. The number of amides is 1. The number of carbonyl (C=O) groups excluding carboxylic acids is 1. The van der Waals surface area contributed by atoms with Crippen molar-refractivity contribution in [3.8, 4) is 0 Å². The van der Waals surface area contributed by atoms with E-state index in [2.05, 4.69) is 14.9 Å². The summed E-state index contributed by atoms with van der Waals surface area (Å²) in [4.78, 5) is 12.1. The fourth-order valence-corrected chi connectivity index (χ4v) is 1.14. The molecule has 0 atom stereocenters. The molecule has 72 valence electrons. The molecule has 0 aliphatic rings. The second-order valence-electron chi connectivity index (χ2n) is 3.47. The highest BCUT2D eigenvalue weighted by Crippen LogP contribution is 2.10. The first kappa shape index (κ1) is 10.1. The Morgan fingerprint density at radius 1 is 1.69 bits per heavy atom. The van der Waals surface area contributed by atoms with Gasteiger partial charge in [0.1, 0.15) is 4.88 Å². The van der Waals surface area contributed by atoms with E-state index in [9.17, 15) is 4.79 Å². The third-order valence-electron chi connectivity index (χ3n) is 1.92. The molecule has 1 amide bonds. The molecule has 13 heavy (non-hydrogen) atoms. The number of rotatable bonds is 3. The lowest BCUT2D eigenvalue weighted by Crippen LogP contribution is -2.42. The number of aromatic nitrogens is 2. The summed E-state index contributed by atoms with van der Waals surface area (Å²) in [5, 5.41) is 6.51. The summed E-state index contributed by atoms with van der Waals surface area (Å²) in [6, 6.07) is 0. The van der Waals surface area contributed by atoms with Gasteiger partial charge in [-0.25, -0.2) is 0 Å². The molecule has 1 rings (SSSR count). The van der Waals surface area contributed by atoms with E-state index in [1.165, 1.54) is 6.20 Å². The monoisotopic (exact) mass is 199 g/mol. The molecule has 5 heteroatoms. The fourth-order valence-electron chi connectivity index (χ4n) is 0.725. The van der Waals surface area contributed by atoms with Crippen molar-refractivity contribution in [2.24, 2.45) is 0 Å². The molecule has 1 aromatic heterocycles. The highest BCUT2D eigenvalue weighted by molar-refractivity contribution is 7.07. The molecule has 1 heterocycles. The maximum atomic E-state index is 11.5. The van der Waals surface area contributed by atoms with Crippen molar-refractivity contribution in [3.63, 3.8) is 0 Å². The Bertz CT molecular complexity index is 282. The van der Waals surface area contributed by atoms with Gasteiger partial charge in [-0.05, 0) is 31.8 Å². The van der Waals surface area contributed by atoms with E-state index in [1.54, 1.807) is 0 Å². The second-order valence-corrected chi connectivity index (χ2v) is 4.26. The van der Waals surface area contributed by atoms with Gasteiger partial charge in [0.25, 0.3) is 5.91 Å². The van der Waals surface area contributed by atoms with Crippen LogP contribution < -0.4 is 5.32 Å². The van der Waals surface area contributed by atoms with Crippen LogP contribution in [0.4, 0.5) is 0 Å². The van der Waals surface area contributed by atoms with Crippen LogP contribution in [0.3, 0.4) is 0 Å². The molecule has 0 saturated heterocycles. The zero-order chi connectivity index (χ0) is 9.90. The Hall–Kier alpha value is -0.970. The molecule has 4 nitrogen and oxygen atoms in total. The van der Waals surface area contributed by atoms with Crippen LogP contribution in [0.5, 0.6) is 0 Å². The van der Waals surface area contributed by atoms with Crippen molar-refractivity contribution < 1.29 is 4.79 Å². The molecule has 0 fully saturated rings. The zero-order valence-corrected chi connectivity index (χ0v) is 8.81. The standard InChI is InChI=1S/C8H13N3OS/c1-4-8(2,3)10-7(12)6-5-9-11-13-6/h5H,4H2,1-3H3,(H,10,12). The summed E-state index contributed by atoms with van der Waals surface area (Å²) in [5.41, 5.74) is -0.166. The van der Waals surface area contributed by atoms with Crippen LogP contribution in [-0.4, -0.2) is 21.0 Å². The van der Waals surface area contributed by atoms with Gasteiger partial charge < -0.3 is 5.32 Å². The lowest BCUT2D eigenvalue weighted by Gasteiger charge is -2.23. The van der Waals surface area contributed by atoms with E-state index in [0.29, 0.717) is 4.88 Å². The average Bonchev–Trinajstić information content (AvgIpc) is 2.55. The van der Waals surface area contributed by atoms with Gasteiger partial charge in [0.15, 0.2) is 0 Å². The quantitative estimate of drug-likeness (QED) is 0.801. The molecule has 0 aromatic carbocycles. The summed E-state index contributed by atoms with van der Waals surface area (Å²) in [6.45, 7) is 6.00. The lowest BCUT2D eigenvalue weighted by molar-refractivity contribution is 0.0915. The van der Waals surface area contributed by atoms with E-state index in [-0.39, 0.29) is 11.4 Å². The van der Waals surface area contributed by atoms with E-state index in [0.717, 1.165) is 18.0 Å². The number of nitrogens with one attached hydrogen (secondary N) is 1. The van der Waals surface area contributed by atoms with Crippen LogP contribution >= 0.6 is 11.5 Å². The summed E-state index contributed by atoms with van der Waals surface area (Å²) in [5.74, 6) is -0.0955. The Morgan fingerprint density at radius 2 is 2.38 bits per heavy atom. The zero-order valence-electron chi connectivity index (χ0n) is 8.00. The fraction of sp³-hybridized carbons (Fsp3) is 0.625. The molecule has 0 spiro atoms. The molecular weight excluding hydrogens is 186 g/mol. The largest absolute Gasteiger partial charge is 0.346 e. The van der Waals surface area contributed by atoms with Gasteiger partial charge in [-0.1, -0.05) is 11.4 Å². The molecule has 0 aliphatic carbocycles. The van der Waals surface area contributed by atoms with E-state index in [4.69, 9.17) is 0 Å². The normalized spacial score (nSPS) is 11.3. The minimum atomic E-state index is -0.166. The van der Waals surface area contributed by atoms with Crippen molar-refractivity contribution in [2.45, 2.75) is 32.7 Å². The van der Waals surface area contributed by atoms with Gasteiger partial charge in [0.2, 0.25) is 0 Å². The predicted molar refractivity (Wildman–Crippen MR) is 51.7 cm³/mol. The SMILES string of the molecule is CCC(C)(C)NC(=O)c1cnns1. The maximum absolute atomic E-state index is 11.5. The minimum Gasteiger partial charge on any atom is -0.346 e. The van der Waals surface area contributed by atoms with E-state index >= 15 is 0 Å². The Labute approximate surface area is 81.5 Å². The van der Waals surface area contributed by atoms with E-state index in [1.807, 2.05) is 20.8 Å². The maximum Gasteiger partial charge on any atom is 0.265 e. The molecule has 0 saturated carbocycles. The summed E-state index contributed by atoms with van der Waals surface area (Å²) in [6.07, 6.45) is 2.37. The molecule has 0 unspecified atom stereocenters. The first-order valence-corrected chi connectivity index (χ1v) is 4.92. The second kappa shape index (κ2) is 3.83. The van der Waals surface area contributed by atoms with Crippen molar-refractivity contribution in [1.29, 1.82) is 0 Å². The third kappa shape index (κ3) is 2.77. The van der Waals surface area contributed by atoms with E-state index < -0.39 is 0 Å². The van der Waals surface area contributed by atoms with Gasteiger partial charge in [0, 0.05) is 5.54 Å². The number of hydrogen-bond donors (Lipinski definition) is 1. The number of hydrogen-bond acceptors (Lipinski definition) is 4. The van der Waals surface area contributed by atoms with Crippen LogP contribution in [0.1, 0.15) is 36.9 Å². The Morgan fingerprint density at radius 3 is 2.85 bits per heavy atom.